The van der Waals surface area contributed by atoms with Gasteiger partial charge in [0.05, 0.1) is 18.3 Å². The second kappa shape index (κ2) is 7.73. The van der Waals surface area contributed by atoms with Crippen molar-refractivity contribution in [2.75, 3.05) is 19.6 Å². The van der Waals surface area contributed by atoms with Crippen molar-refractivity contribution in [3.63, 3.8) is 0 Å². The number of hydrogen-bond acceptors (Lipinski definition) is 5. The fourth-order valence-electron chi connectivity index (χ4n) is 3.75. The molecule has 2 atom stereocenters. The van der Waals surface area contributed by atoms with E-state index in [1.54, 1.807) is 41.7 Å². The second-order valence-corrected chi connectivity index (χ2v) is 6.91. The Morgan fingerprint density at radius 2 is 1.78 bits per heavy atom. The monoisotopic (exact) mass is 366 g/mol. The highest BCUT2D eigenvalue weighted by Crippen LogP contribution is 2.27. The molecule has 0 saturated carbocycles. The van der Waals surface area contributed by atoms with Gasteiger partial charge in [-0.2, -0.15) is 0 Å². The quantitative estimate of drug-likeness (QED) is 0.824. The average molecular weight is 366 g/mol. The number of aromatic nitrogens is 2. The van der Waals surface area contributed by atoms with Crippen LogP contribution in [0.15, 0.2) is 49.1 Å². The van der Waals surface area contributed by atoms with Gasteiger partial charge in [0.2, 0.25) is 5.91 Å². The number of rotatable bonds is 4. The van der Waals surface area contributed by atoms with Gasteiger partial charge in [0.25, 0.3) is 5.91 Å². The normalized spacial score (nSPS) is 22.1. The summed E-state index contributed by atoms with van der Waals surface area (Å²) in [6.07, 6.45) is 8.76. The van der Waals surface area contributed by atoms with E-state index >= 15 is 0 Å². The summed E-state index contributed by atoms with van der Waals surface area (Å²) >= 11 is 0. The third kappa shape index (κ3) is 3.77. The van der Waals surface area contributed by atoms with Crippen molar-refractivity contribution in [2.24, 2.45) is 0 Å². The summed E-state index contributed by atoms with van der Waals surface area (Å²) < 4.78 is 5.99. The van der Waals surface area contributed by atoms with Gasteiger partial charge in [0.1, 0.15) is 17.9 Å². The van der Waals surface area contributed by atoms with Gasteiger partial charge < -0.3 is 14.5 Å². The predicted octanol–water partition coefficient (Wildman–Crippen LogP) is 1.76. The number of amides is 2. The number of nitrogens with zero attached hydrogens (tertiary/aromatic N) is 4. The van der Waals surface area contributed by atoms with Gasteiger partial charge in [-0.3, -0.25) is 19.6 Å². The molecule has 140 valence electrons. The number of pyridine rings is 2. The molecule has 0 N–H and O–H groups in total. The fraction of sp³-hybridized carbons (Fsp3) is 0.400. The molecular formula is C20H22N4O3. The third-order valence-corrected chi connectivity index (χ3v) is 5.07. The lowest BCUT2D eigenvalue weighted by Crippen LogP contribution is -2.47. The van der Waals surface area contributed by atoms with E-state index in [9.17, 15) is 9.59 Å². The van der Waals surface area contributed by atoms with Gasteiger partial charge in [0.15, 0.2) is 0 Å². The van der Waals surface area contributed by atoms with Crippen LogP contribution in [0.25, 0.3) is 0 Å². The molecular weight excluding hydrogens is 344 g/mol. The molecule has 7 nitrogen and oxygen atoms in total. The van der Waals surface area contributed by atoms with Crippen LogP contribution in [-0.2, 0) is 4.79 Å². The lowest BCUT2D eigenvalue weighted by molar-refractivity contribution is -0.134. The molecule has 0 spiro atoms. The van der Waals surface area contributed by atoms with Crippen LogP contribution in [-0.4, -0.2) is 63.4 Å². The Balaban J connectivity index is 1.55. The zero-order valence-electron chi connectivity index (χ0n) is 15.0. The lowest BCUT2D eigenvalue weighted by atomic mass is 10.1. The largest absolute Gasteiger partial charge is 0.487 e. The Kier molecular flexibility index (Phi) is 5.00. The highest BCUT2D eigenvalue weighted by atomic mass is 16.5. The topological polar surface area (TPSA) is 75.6 Å². The summed E-state index contributed by atoms with van der Waals surface area (Å²) in [4.78, 5) is 37.6. The van der Waals surface area contributed by atoms with Crippen molar-refractivity contribution in [3.05, 3.63) is 54.6 Å². The Morgan fingerprint density at radius 1 is 1.04 bits per heavy atom. The molecule has 2 saturated heterocycles. The summed E-state index contributed by atoms with van der Waals surface area (Å²) in [7, 11) is 0. The van der Waals surface area contributed by atoms with Crippen molar-refractivity contribution in [1.82, 2.24) is 19.8 Å². The zero-order valence-corrected chi connectivity index (χ0v) is 15.0. The minimum atomic E-state index is -0.502. The van der Waals surface area contributed by atoms with Crippen LogP contribution in [0.3, 0.4) is 0 Å². The van der Waals surface area contributed by atoms with Gasteiger partial charge in [-0.05, 0) is 37.1 Å². The van der Waals surface area contributed by atoms with E-state index in [2.05, 4.69) is 9.97 Å². The van der Waals surface area contributed by atoms with Gasteiger partial charge in [0, 0.05) is 38.1 Å². The molecule has 4 heterocycles. The van der Waals surface area contributed by atoms with Crippen LogP contribution in [0.4, 0.5) is 0 Å². The SMILES string of the molecule is O=C([C@@H]1C[C@H](Oc2cccnc2)CN1C(=O)c1cccnc1)N1CCCC1. The van der Waals surface area contributed by atoms with E-state index in [4.69, 9.17) is 4.74 Å². The molecule has 2 fully saturated rings. The Morgan fingerprint density at radius 3 is 2.44 bits per heavy atom. The number of likely N-dealkylation sites (tertiary alicyclic amines) is 2. The maximum Gasteiger partial charge on any atom is 0.256 e. The van der Waals surface area contributed by atoms with Crippen molar-refractivity contribution < 1.29 is 14.3 Å². The molecule has 0 radical (unpaired) electrons. The third-order valence-electron chi connectivity index (χ3n) is 5.07. The summed E-state index contributed by atoms with van der Waals surface area (Å²) in [6, 6.07) is 6.58. The standard InChI is InChI=1S/C20H22N4O3/c25-19(15-5-3-7-21-12-15)24-14-17(27-16-6-4-8-22-13-16)11-18(24)20(26)23-9-1-2-10-23/h3-8,12-13,17-18H,1-2,9-11,14H2/t17-,18-/m0/s1. The molecule has 2 aliphatic rings. The highest BCUT2D eigenvalue weighted by molar-refractivity contribution is 5.97. The zero-order chi connectivity index (χ0) is 18.6. The summed E-state index contributed by atoms with van der Waals surface area (Å²) in [6.45, 7) is 1.89. The molecule has 2 aliphatic heterocycles. The van der Waals surface area contributed by atoms with Gasteiger partial charge in [-0.15, -0.1) is 0 Å². The minimum Gasteiger partial charge on any atom is -0.487 e. The summed E-state index contributed by atoms with van der Waals surface area (Å²) in [5.41, 5.74) is 0.485. The highest BCUT2D eigenvalue weighted by Gasteiger charge is 2.43. The van der Waals surface area contributed by atoms with Crippen LogP contribution >= 0.6 is 0 Å². The van der Waals surface area contributed by atoms with Gasteiger partial charge in [-0.1, -0.05) is 0 Å². The van der Waals surface area contributed by atoms with Crippen LogP contribution in [0.2, 0.25) is 0 Å². The molecule has 0 aliphatic carbocycles. The second-order valence-electron chi connectivity index (χ2n) is 6.91. The van der Waals surface area contributed by atoms with E-state index in [-0.39, 0.29) is 17.9 Å². The van der Waals surface area contributed by atoms with Crippen molar-refractivity contribution in [1.29, 1.82) is 0 Å². The molecule has 27 heavy (non-hydrogen) atoms. The number of carbonyl (C=O) groups excluding carboxylic acids is 2. The number of hydrogen-bond donors (Lipinski definition) is 0. The van der Waals surface area contributed by atoms with Crippen LogP contribution in [0.5, 0.6) is 5.75 Å². The van der Waals surface area contributed by atoms with Crippen LogP contribution in [0.1, 0.15) is 29.6 Å². The summed E-state index contributed by atoms with van der Waals surface area (Å²) in [5, 5.41) is 0. The van der Waals surface area contributed by atoms with Crippen molar-refractivity contribution in [3.8, 4) is 5.75 Å². The summed E-state index contributed by atoms with van der Waals surface area (Å²) in [5.74, 6) is 0.477. The van der Waals surface area contributed by atoms with E-state index in [1.807, 2.05) is 11.0 Å². The van der Waals surface area contributed by atoms with Crippen molar-refractivity contribution in [2.45, 2.75) is 31.4 Å². The fourth-order valence-corrected chi connectivity index (χ4v) is 3.75. The van der Waals surface area contributed by atoms with Gasteiger partial charge >= 0.3 is 0 Å². The molecule has 2 aromatic rings. The molecule has 0 unspecified atom stereocenters. The van der Waals surface area contributed by atoms with Gasteiger partial charge in [-0.25, -0.2) is 0 Å². The first kappa shape index (κ1) is 17.5. The molecule has 4 rings (SSSR count). The molecule has 2 aromatic heterocycles. The smallest absolute Gasteiger partial charge is 0.256 e. The van der Waals surface area contributed by atoms with Crippen LogP contribution < -0.4 is 4.74 Å². The molecule has 0 aromatic carbocycles. The first-order valence-corrected chi connectivity index (χ1v) is 9.29. The number of carbonyl (C=O) groups is 2. The van der Waals surface area contributed by atoms with E-state index in [1.165, 1.54) is 6.20 Å². The molecule has 0 bridgehead atoms. The predicted molar refractivity (Wildman–Crippen MR) is 98.1 cm³/mol. The Labute approximate surface area is 158 Å². The first-order chi connectivity index (χ1) is 13.2. The minimum absolute atomic E-state index is 0.0158. The number of ether oxygens (including phenoxy) is 1. The maximum atomic E-state index is 13.0. The van der Waals surface area contributed by atoms with E-state index in [0.29, 0.717) is 24.3 Å². The van der Waals surface area contributed by atoms with Crippen molar-refractivity contribution >= 4 is 11.8 Å². The van der Waals surface area contributed by atoms with E-state index in [0.717, 1.165) is 25.9 Å². The van der Waals surface area contributed by atoms with E-state index < -0.39 is 6.04 Å². The molecule has 2 amide bonds. The lowest BCUT2D eigenvalue weighted by Gasteiger charge is -2.27. The first-order valence-electron chi connectivity index (χ1n) is 9.29. The van der Waals surface area contributed by atoms with Crippen LogP contribution in [0, 0.1) is 0 Å². The maximum absolute atomic E-state index is 13.0. The Hall–Kier alpha value is -2.96. The average Bonchev–Trinajstić information content (AvgIpc) is 3.39. The molecule has 7 heteroatoms. The Bertz CT molecular complexity index is 793.